The second-order valence-corrected chi connectivity index (χ2v) is 6.53. The lowest BCUT2D eigenvalue weighted by molar-refractivity contribution is -0.131. The average molecular weight is 301 g/mol. The molecular weight excluding hydrogens is 282 g/mol. The molecule has 1 aliphatic heterocycles. The molecule has 1 amide bonds. The fourth-order valence-corrected chi connectivity index (χ4v) is 3.58. The van der Waals surface area contributed by atoms with Crippen molar-refractivity contribution in [3.63, 3.8) is 0 Å². The number of phenolic OH excluding ortho intramolecular Hbond substituents is 1. The number of carbonyl (C=O) groups excluding carboxylic acids is 1. The molecule has 1 fully saturated rings. The fraction of sp³-hybridized carbons (Fsp3) is 0.353. The van der Waals surface area contributed by atoms with Gasteiger partial charge in [0, 0.05) is 18.0 Å². The Labute approximate surface area is 128 Å². The Morgan fingerprint density at radius 2 is 1.90 bits per heavy atom. The quantitative estimate of drug-likeness (QED) is 0.944. The molecule has 0 bridgehead atoms. The van der Waals surface area contributed by atoms with E-state index >= 15 is 0 Å². The highest BCUT2D eigenvalue weighted by Gasteiger charge is 2.23. The molecule has 2 heterocycles. The molecule has 3 nitrogen and oxygen atoms in total. The maximum Gasteiger partial charge on any atom is 0.227 e. The van der Waals surface area contributed by atoms with Gasteiger partial charge in [0.1, 0.15) is 5.75 Å². The Morgan fingerprint density at radius 1 is 1.19 bits per heavy atom. The van der Waals surface area contributed by atoms with Gasteiger partial charge in [0.05, 0.1) is 6.42 Å². The molecular formula is C17H19NO2S. The first-order valence-corrected chi connectivity index (χ1v) is 8.19. The molecule has 2 aromatic rings. The van der Waals surface area contributed by atoms with Crippen LogP contribution in [0.2, 0.25) is 0 Å². The monoisotopic (exact) mass is 301 g/mol. The molecule has 21 heavy (non-hydrogen) atoms. The summed E-state index contributed by atoms with van der Waals surface area (Å²) in [4.78, 5) is 15.4. The topological polar surface area (TPSA) is 40.5 Å². The number of piperidine rings is 1. The van der Waals surface area contributed by atoms with Gasteiger partial charge in [-0.25, -0.2) is 0 Å². The van der Waals surface area contributed by atoms with Crippen LogP contribution in [0.4, 0.5) is 0 Å². The van der Waals surface area contributed by atoms with Crippen LogP contribution in [0.1, 0.15) is 29.2 Å². The lowest BCUT2D eigenvalue weighted by atomic mass is 9.89. The number of hydrogen-bond acceptors (Lipinski definition) is 3. The number of thiophene rings is 1. The van der Waals surface area contributed by atoms with Crippen LogP contribution >= 0.6 is 11.3 Å². The van der Waals surface area contributed by atoms with Crippen molar-refractivity contribution >= 4 is 17.2 Å². The highest BCUT2D eigenvalue weighted by Crippen LogP contribution is 2.29. The van der Waals surface area contributed by atoms with E-state index in [2.05, 4.69) is 0 Å². The van der Waals surface area contributed by atoms with Crippen LogP contribution in [-0.2, 0) is 11.2 Å². The summed E-state index contributed by atoms with van der Waals surface area (Å²) in [7, 11) is 0. The van der Waals surface area contributed by atoms with E-state index in [0.717, 1.165) is 30.8 Å². The molecule has 1 saturated heterocycles. The smallest absolute Gasteiger partial charge is 0.227 e. The van der Waals surface area contributed by atoms with Crippen LogP contribution < -0.4 is 0 Å². The zero-order valence-corrected chi connectivity index (χ0v) is 12.7. The van der Waals surface area contributed by atoms with Crippen molar-refractivity contribution in [1.29, 1.82) is 0 Å². The third kappa shape index (κ3) is 3.45. The van der Waals surface area contributed by atoms with Gasteiger partial charge < -0.3 is 10.0 Å². The van der Waals surface area contributed by atoms with E-state index in [-0.39, 0.29) is 5.91 Å². The number of benzene rings is 1. The number of carbonyl (C=O) groups is 1. The number of phenols is 1. The van der Waals surface area contributed by atoms with Crippen molar-refractivity contribution in [2.75, 3.05) is 13.1 Å². The average Bonchev–Trinajstić information content (AvgIpc) is 3.01. The second-order valence-electron chi connectivity index (χ2n) is 5.50. The molecule has 3 rings (SSSR count). The Morgan fingerprint density at radius 3 is 2.52 bits per heavy atom. The van der Waals surface area contributed by atoms with E-state index in [9.17, 15) is 9.90 Å². The lowest BCUT2D eigenvalue weighted by Gasteiger charge is -2.32. The Kier molecular flexibility index (Phi) is 4.25. The van der Waals surface area contributed by atoms with Gasteiger partial charge in [-0.1, -0.05) is 18.2 Å². The van der Waals surface area contributed by atoms with Gasteiger partial charge in [-0.15, -0.1) is 11.3 Å². The van der Waals surface area contributed by atoms with Crippen LogP contribution in [0.5, 0.6) is 5.75 Å². The predicted molar refractivity (Wildman–Crippen MR) is 84.7 cm³/mol. The molecule has 1 aromatic carbocycles. The number of hydrogen-bond donors (Lipinski definition) is 1. The standard InChI is InChI=1S/C17H19NO2S/c19-15-5-3-13(4-6-15)14-7-9-18(10-8-14)17(20)12-16-2-1-11-21-16/h1-6,11,14,19H,7-10,12H2. The van der Waals surface area contributed by atoms with Crippen molar-refractivity contribution in [1.82, 2.24) is 4.90 Å². The number of aromatic hydroxyl groups is 1. The first-order valence-electron chi connectivity index (χ1n) is 7.31. The third-order valence-electron chi connectivity index (χ3n) is 4.12. The SMILES string of the molecule is O=C(Cc1cccs1)N1CCC(c2ccc(O)cc2)CC1. The zero-order valence-electron chi connectivity index (χ0n) is 11.9. The molecule has 0 saturated carbocycles. The Hall–Kier alpha value is -1.81. The van der Waals surface area contributed by atoms with E-state index in [1.807, 2.05) is 34.5 Å². The molecule has 0 radical (unpaired) electrons. The second kappa shape index (κ2) is 6.31. The van der Waals surface area contributed by atoms with Crippen molar-refractivity contribution in [2.24, 2.45) is 0 Å². The first-order chi connectivity index (χ1) is 10.2. The molecule has 4 heteroatoms. The summed E-state index contributed by atoms with van der Waals surface area (Å²) in [6.45, 7) is 1.66. The minimum Gasteiger partial charge on any atom is -0.508 e. The summed E-state index contributed by atoms with van der Waals surface area (Å²) in [5, 5.41) is 11.4. The van der Waals surface area contributed by atoms with Gasteiger partial charge in [0.2, 0.25) is 5.91 Å². The molecule has 1 aromatic heterocycles. The predicted octanol–water partition coefficient (Wildman–Crippen LogP) is 3.40. The highest BCUT2D eigenvalue weighted by atomic mass is 32.1. The van der Waals surface area contributed by atoms with Crippen molar-refractivity contribution in [2.45, 2.75) is 25.2 Å². The summed E-state index contributed by atoms with van der Waals surface area (Å²) in [6, 6.07) is 11.5. The molecule has 110 valence electrons. The maximum atomic E-state index is 12.3. The molecule has 0 aliphatic carbocycles. The number of nitrogens with zero attached hydrogens (tertiary/aromatic N) is 1. The number of amides is 1. The van der Waals surface area contributed by atoms with Crippen LogP contribution in [0.15, 0.2) is 41.8 Å². The Bertz CT molecular complexity index is 584. The van der Waals surface area contributed by atoms with Crippen LogP contribution in [0.3, 0.4) is 0 Å². The molecule has 0 unspecified atom stereocenters. The van der Waals surface area contributed by atoms with E-state index in [1.54, 1.807) is 23.5 Å². The number of likely N-dealkylation sites (tertiary alicyclic amines) is 1. The van der Waals surface area contributed by atoms with E-state index in [0.29, 0.717) is 18.1 Å². The Balaban J connectivity index is 1.55. The summed E-state index contributed by atoms with van der Waals surface area (Å²) >= 11 is 1.64. The summed E-state index contributed by atoms with van der Waals surface area (Å²) in [5.41, 5.74) is 1.26. The molecule has 1 aliphatic rings. The van der Waals surface area contributed by atoms with Gasteiger partial charge in [0.15, 0.2) is 0 Å². The third-order valence-corrected chi connectivity index (χ3v) is 4.99. The van der Waals surface area contributed by atoms with E-state index in [4.69, 9.17) is 0 Å². The minimum absolute atomic E-state index is 0.238. The maximum absolute atomic E-state index is 12.3. The van der Waals surface area contributed by atoms with Crippen LogP contribution in [0.25, 0.3) is 0 Å². The minimum atomic E-state index is 0.238. The van der Waals surface area contributed by atoms with E-state index in [1.165, 1.54) is 5.56 Å². The summed E-state index contributed by atoms with van der Waals surface area (Å²) in [5.74, 6) is 1.04. The van der Waals surface area contributed by atoms with Gasteiger partial charge in [-0.05, 0) is 47.9 Å². The first kappa shape index (κ1) is 14.1. The van der Waals surface area contributed by atoms with Crippen molar-refractivity contribution in [3.8, 4) is 5.75 Å². The van der Waals surface area contributed by atoms with Gasteiger partial charge >= 0.3 is 0 Å². The lowest BCUT2D eigenvalue weighted by Crippen LogP contribution is -2.38. The highest BCUT2D eigenvalue weighted by molar-refractivity contribution is 7.10. The molecule has 0 spiro atoms. The van der Waals surface area contributed by atoms with Crippen molar-refractivity contribution in [3.05, 3.63) is 52.2 Å². The van der Waals surface area contributed by atoms with Crippen LogP contribution in [-0.4, -0.2) is 29.0 Å². The fourth-order valence-electron chi connectivity index (χ4n) is 2.88. The van der Waals surface area contributed by atoms with Gasteiger partial charge in [-0.2, -0.15) is 0 Å². The van der Waals surface area contributed by atoms with Crippen LogP contribution in [0, 0.1) is 0 Å². The summed E-state index contributed by atoms with van der Waals surface area (Å²) in [6.07, 6.45) is 2.53. The van der Waals surface area contributed by atoms with Gasteiger partial charge in [-0.3, -0.25) is 4.79 Å². The van der Waals surface area contributed by atoms with Crippen molar-refractivity contribution < 1.29 is 9.90 Å². The molecule has 1 N–H and O–H groups in total. The van der Waals surface area contributed by atoms with E-state index < -0.39 is 0 Å². The molecule has 0 atom stereocenters. The normalized spacial score (nSPS) is 16.1. The zero-order chi connectivity index (χ0) is 14.7. The largest absolute Gasteiger partial charge is 0.508 e. The van der Waals surface area contributed by atoms with Gasteiger partial charge in [0.25, 0.3) is 0 Å². The summed E-state index contributed by atoms with van der Waals surface area (Å²) < 4.78 is 0. The number of rotatable bonds is 3.